The number of nitrogens with one attached hydrogen (secondary N) is 1. The van der Waals surface area contributed by atoms with Crippen molar-refractivity contribution in [3.8, 4) is 5.75 Å². The highest BCUT2D eigenvalue weighted by molar-refractivity contribution is 7.19. The standard InChI is InChI=1S/C19H22N4OS/c1-10-11(2)22-23-19-17(10)18(20)16(25-19)9-21-15-8-14(15)12-4-6-13(24-3)7-5-12/h4-7,14-15,21H,8-9,20H2,1-3H3/t14-,15+/m1/s1. The van der Waals surface area contributed by atoms with Gasteiger partial charge in [-0.25, -0.2) is 0 Å². The second-order valence-corrected chi connectivity index (χ2v) is 7.72. The zero-order valence-electron chi connectivity index (χ0n) is 14.7. The molecule has 0 bridgehead atoms. The lowest BCUT2D eigenvalue weighted by Crippen LogP contribution is -2.17. The van der Waals surface area contributed by atoms with Crippen molar-refractivity contribution in [2.24, 2.45) is 0 Å². The van der Waals surface area contributed by atoms with Crippen molar-refractivity contribution < 1.29 is 4.74 Å². The highest BCUT2D eigenvalue weighted by Gasteiger charge is 2.38. The summed E-state index contributed by atoms with van der Waals surface area (Å²) in [5.74, 6) is 1.48. The second kappa shape index (κ2) is 6.28. The Kier molecular flexibility index (Phi) is 4.09. The van der Waals surface area contributed by atoms with E-state index in [1.807, 2.05) is 19.1 Å². The Labute approximate surface area is 151 Å². The first kappa shape index (κ1) is 16.3. The highest BCUT2D eigenvalue weighted by atomic mass is 32.1. The summed E-state index contributed by atoms with van der Waals surface area (Å²) in [6.45, 7) is 4.82. The molecule has 0 radical (unpaired) electrons. The average molecular weight is 354 g/mol. The van der Waals surface area contributed by atoms with E-state index in [9.17, 15) is 0 Å². The first-order chi connectivity index (χ1) is 12.1. The minimum absolute atomic E-state index is 0.506. The van der Waals surface area contributed by atoms with E-state index < -0.39 is 0 Å². The van der Waals surface area contributed by atoms with Crippen molar-refractivity contribution >= 4 is 27.2 Å². The third kappa shape index (κ3) is 2.96. The van der Waals surface area contributed by atoms with Crippen LogP contribution >= 0.6 is 11.3 Å². The minimum atomic E-state index is 0.506. The van der Waals surface area contributed by atoms with Crippen molar-refractivity contribution in [1.29, 1.82) is 0 Å². The molecule has 0 aliphatic heterocycles. The Bertz CT molecular complexity index is 919. The van der Waals surface area contributed by atoms with Crippen LogP contribution in [0.4, 0.5) is 5.69 Å². The van der Waals surface area contributed by atoms with Crippen molar-refractivity contribution in [3.63, 3.8) is 0 Å². The van der Waals surface area contributed by atoms with Gasteiger partial charge in [0.1, 0.15) is 10.6 Å². The molecule has 0 unspecified atom stereocenters. The number of fused-ring (bicyclic) bond motifs is 1. The van der Waals surface area contributed by atoms with E-state index in [0.29, 0.717) is 12.0 Å². The summed E-state index contributed by atoms with van der Waals surface area (Å²) in [5.41, 5.74) is 10.7. The van der Waals surface area contributed by atoms with Crippen LogP contribution in [0.15, 0.2) is 24.3 Å². The molecule has 25 heavy (non-hydrogen) atoms. The molecule has 1 fully saturated rings. The molecule has 0 amide bonds. The fraction of sp³-hybridized carbons (Fsp3) is 0.368. The molecule has 130 valence electrons. The summed E-state index contributed by atoms with van der Waals surface area (Å²) in [6, 6.07) is 8.87. The van der Waals surface area contributed by atoms with Crippen LogP contribution in [-0.2, 0) is 6.54 Å². The molecule has 6 heteroatoms. The first-order valence-corrected chi connectivity index (χ1v) is 9.28. The number of methoxy groups -OCH3 is 1. The Balaban J connectivity index is 1.45. The summed E-state index contributed by atoms with van der Waals surface area (Å²) in [7, 11) is 1.69. The molecular weight excluding hydrogens is 332 g/mol. The molecule has 5 nitrogen and oxygen atoms in total. The van der Waals surface area contributed by atoms with Gasteiger partial charge in [-0.2, -0.15) is 5.10 Å². The second-order valence-electron chi connectivity index (χ2n) is 6.63. The van der Waals surface area contributed by atoms with Crippen molar-refractivity contribution in [3.05, 3.63) is 46.0 Å². The van der Waals surface area contributed by atoms with Crippen LogP contribution in [0.3, 0.4) is 0 Å². The number of aryl methyl sites for hydroxylation is 2. The molecular formula is C19H22N4OS. The van der Waals surface area contributed by atoms with E-state index in [-0.39, 0.29) is 0 Å². The first-order valence-electron chi connectivity index (χ1n) is 8.46. The number of nitrogens with zero attached hydrogens (tertiary/aromatic N) is 2. The smallest absolute Gasteiger partial charge is 0.148 e. The monoisotopic (exact) mass is 354 g/mol. The van der Waals surface area contributed by atoms with Gasteiger partial charge < -0.3 is 15.8 Å². The molecule has 2 heterocycles. The van der Waals surface area contributed by atoms with Crippen molar-refractivity contribution in [1.82, 2.24) is 15.5 Å². The number of anilines is 1. The predicted molar refractivity (Wildman–Crippen MR) is 102 cm³/mol. The van der Waals surface area contributed by atoms with Gasteiger partial charge >= 0.3 is 0 Å². The van der Waals surface area contributed by atoms with Gasteiger partial charge in [-0.1, -0.05) is 12.1 Å². The third-order valence-corrected chi connectivity index (χ3v) is 6.16. The van der Waals surface area contributed by atoms with E-state index in [1.54, 1.807) is 18.4 Å². The molecule has 1 aliphatic rings. The molecule has 0 spiro atoms. The maximum absolute atomic E-state index is 6.38. The summed E-state index contributed by atoms with van der Waals surface area (Å²) in [6.07, 6.45) is 1.16. The van der Waals surface area contributed by atoms with E-state index >= 15 is 0 Å². The lowest BCUT2D eigenvalue weighted by Gasteiger charge is -2.05. The number of hydrogen-bond acceptors (Lipinski definition) is 6. The molecule has 2 aromatic heterocycles. The van der Waals surface area contributed by atoms with E-state index in [4.69, 9.17) is 10.5 Å². The van der Waals surface area contributed by atoms with Gasteiger partial charge in [0.15, 0.2) is 0 Å². The van der Waals surface area contributed by atoms with E-state index in [0.717, 1.165) is 50.8 Å². The van der Waals surface area contributed by atoms with Gasteiger partial charge in [-0.3, -0.25) is 0 Å². The van der Waals surface area contributed by atoms with Crippen LogP contribution in [0.2, 0.25) is 0 Å². The Morgan fingerprint density at radius 1 is 1.24 bits per heavy atom. The topological polar surface area (TPSA) is 73.1 Å². The van der Waals surface area contributed by atoms with Crippen molar-refractivity contribution in [2.45, 2.75) is 38.8 Å². The lowest BCUT2D eigenvalue weighted by atomic mass is 10.1. The van der Waals surface area contributed by atoms with Crippen LogP contribution in [0.1, 0.15) is 34.0 Å². The van der Waals surface area contributed by atoms with Gasteiger partial charge in [0.05, 0.1) is 18.5 Å². The number of nitrogen functional groups attached to an aromatic ring is 1. The van der Waals surface area contributed by atoms with Crippen LogP contribution in [0.5, 0.6) is 5.75 Å². The van der Waals surface area contributed by atoms with E-state index in [1.165, 1.54) is 5.56 Å². The number of thiophene rings is 1. The number of rotatable bonds is 5. The van der Waals surface area contributed by atoms with Gasteiger partial charge in [0.2, 0.25) is 0 Å². The van der Waals surface area contributed by atoms with Gasteiger partial charge in [0.25, 0.3) is 0 Å². The number of nitrogens with two attached hydrogens (primary N) is 1. The highest BCUT2D eigenvalue weighted by Crippen LogP contribution is 2.42. The summed E-state index contributed by atoms with van der Waals surface area (Å²) >= 11 is 1.64. The molecule has 1 aromatic carbocycles. The number of hydrogen-bond donors (Lipinski definition) is 2. The van der Waals surface area contributed by atoms with Gasteiger partial charge in [-0.05, 0) is 43.5 Å². The third-order valence-electron chi connectivity index (χ3n) is 5.07. The zero-order chi connectivity index (χ0) is 17.6. The molecule has 1 saturated carbocycles. The summed E-state index contributed by atoms with van der Waals surface area (Å²) in [5, 5.41) is 13.2. The molecule has 2 atom stereocenters. The minimum Gasteiger partial charge on any atom is -0.497 e. The molecule has 3 N–H and O–H groups in total. The normalized spacial score (nSPS) is 19.3. The number of ether oxygens (including phenoxy) is 1. The summed E-state index contributed by atoms with van der Waals surface area (Å²) < 4.78 is 5.22. The van der Waals surface area contributed by atoms with E-state index in [2.05, 4.69) is 34.6 Å². The number of benzene rings is 1. The van der Waals surface area contributed by atoms with Crippen molar-refractivity contribution in [2.75, 3.05) is 12.8 Å². The quantitative estimate of drug-likeness (QED) is 0.733. The van der Waals surface area contributed by atoms with Crippen LogP contribution in [0, 0.1) is 13.8 Å². The molecule has 4 rings (SSSR count). The molecule has 0 saturated heterocycles. The molecule has 1 aliphatic carbocycles. The lowest BCUT2D eigenvalue weighted by molar-refractivity contribution is 0.414. The largest absolute Gasteiger partial charge is 0.497 e. The fourth-order valence-electron chi connectivity index (χ4n) is 3.28. The van der Waals surface area contributed by atoms with Gasteiger partial charge in [0, 0.05) is 28.8 Å². The zero-order valence-corrected chi connectivity index (χ0v) is 15.5. The maximum Gasteiger partial charge on any atom is 0.148 e. The SMILES string of the molecule is COc1ccc([C@H]2C[C@@H]2NCc2sc3nnc(C)c(C)c3c2N)cc1. The predicted octanol–water partition coefficient (Wildman–Crippen LogP) is 3.54. The Hall–Kier alpha value is -2.18. The van der Waals surface area contributed by atoms with Crippen LogP contribution in [-0.4, -0.2) is 23.3 Å². The number of aromatic nitrogens is 2. The maximum atomic E-state index is 6.38. The Morgan fingerprint density at radius 2 is 2.00 bits per heavy atom. The fourth-order valence-corrected chi connectivity index (χ4v) is 4.33. The van der Waals surface area contributed by atoms with Gasteiger partial charge in [-0.15, -0.1) is 16.4 Å². The Morgan fingerprint density at radius 3 is 2.72 bits per heavy atom. The average Bonchev–Trinajstić information content (AvgIpc) is 3.33. The molecule has 3 aromatic rings. The van der Waals surface area contributed by atoms with Crippen LogP contribution in [0.25, 0.3) is 10.2 Å². The van der Waals surface area contributed by atoms with Crippen LogP contribution < -0.4 is 15.8 Å². The summed E-state index contributed by atoms with van der Waals surface area (Å²) in [4.78, 5) is 2.08.